The molecule has 90 valence electrons. The minimum Gasteiger partial charge on any atom is -0.269 e. The van der Waals surface area contributed by atoms with Crippen molar-refractivity contribution >= 4 is 23.8 Å². The zero-order chi connectivity index (χ0) is 12.6. The van der Waals surface area contributed by atoms with E-state index in [0.717, 1.165) is 0 Å². The fourth-order valence-electron chi connectivity index (χ4n) is 1.59. The topological polar surface area (TPSA) is 33.6 Å². The van der Waals surface area contributed by atoms with E-state index in [1.54, 1.807) is 16.7 Å². The molecule has 0 saturated heterocycles. The third kappa shape index (κ3) is 2.12. The van der Waals surface area contributed by atoms with Gasteiger partial charge in [0, 0.05) is 5.92 Å². The second-order valence-corrected chi connectivity index (χ2v) is 4.74. The van der Waals surface area contributed by atoms with Crippen LogP contribution in [0, 0.1) is 10.6 Å². The smallest absolute Gasteiger partial charge is 0.199 e. The van der Waals surface area contributed by atoms with E-state index >= 15 is 0 Å². The second-order valence-electron chi connectivity index (χ2n) is 3.95. The van der Waals surface area contributed by atoms with Crippen molar-refractivity contribution in [1.29, 1.82) is 0 Å². The summed E-state index contributed by atoms with van der Waals surface area (Å²) in [7, 11) is 0. The van der Waals surface area contributed by atoms with E-state index in [0.29, 0.717) is 16.3 Å². The van der Waals surface area contributed by atoms with E-state index in [1.807, 2.05) is 13.8 Å². The van der Waals surface area contributed by atoms with Gasteiger partial charge < -0.3 is 0 Å². The Morgan fingerprint density at radius 2 is 2.18 bits per heavy atom. The Morgan fingerprint density at radius 1 is 1.47 bits per heavy atom. The van der Waals surface area contributed by atoms with Crippen LogP contribution < -0.4 is 0 Å². The van der Waals surface area contributed by atoms with Gasteiger partial charge in [0.25, 0.3) is 0 Å². The third-order valence-corrected chi connectivity index (χ3v) is 2.95. The minimum absolute atomic E-state index is 0.0697. The van der Waals surface area contributed by atoms with E-state index in [4.69, 9.17) is 23.8 Å². The van der Waals surface area contributed by atoms with E-state index < -0.39 is 5.82 Å². The second kappa shape index (κ2) is 4.58. The molecule has 1 aromatic carbocycles. The van der Waals surface area contributed by atoms with Gasteiger partial charge in [-0.05, 0) is 24.4 Å². The van der Waals surface area contributed by atoms with Crippen molar-refractivity contribution in [3.63, 3.8) is 0 Å². The highest BCUT2D eigenvalue weighted by Crippen LogP contribution is 2.24. The van der Waals surface area contributed by atoms with E-state index in [-0.39, 0.29) is 10.9 Å². The van der Waals surface area contributed by atoms with Crippen LogP contribution in [-0.4, -0.2) is 14.8 Å². The van der Waals surface area contributed by atoms with Gasteiger partial charge in [-0.2, -0.15) is 5.10 Å². The molecule has 17 heavy (non-hydrogen) atoms. The summed E-state index contributed by atoms with van der Waals surface area (Å²) in [5.74, 6) is 0.311. The molecule has 2 aromatic rings. The van der Waals surface area contributed by atoms with Gasteiger partial charge in [-0.3, -0.25) is 9.67 Å². The van der Waals surface area contributed by atoms with Crippen LogP contribution in [0.2, 0.25) is 5.02 Å². The first-order valence-electron chi connectivity index (χ1n) is 5.14. The Morgan fingerprint density at radius 3 is 2.82 bits per heavy atom. The lowest BCUT2D eigenvalue weighted by Gasteiger charge is -2.10. The van der Waals surface area contributed by atoms with Crippen LogP contribution in [0.25, 0.3) is 5.69 Å². The van der Waals surface area contributed by atoms with Gasteiger partial charge in [-0.1, -0.05) is 31.5 Å². The van der Waals surface area contributed by atoms with Gasteiger partial charge in [0.1, 0.15) is 5.82 Å². The Balaban J connectivity index is 2.72. The Labute approximate surface area is 108 Å². The maximum absolute atomic E-state index is 13.9. The molecule has 0 fully saturated rings. The number of halogens is 2. The molecule has 1 heterocycles. The maximum Gasteiger partial charge on any atom is 0.199 e. The highest BCUT2D eigenvalue weighted by molar-refractivity contribution is 7.71. The van der Waals surface area contributed by atoms with Crippen molar-refractivity contribution in [2.24, 2.45) is 0 Å². The summed E-state index contributed by atoms with van der Waals surface area (Å²) in [5, 5.41) is 6.84. The van der Waals surface area contributed by atoms with Crippen LogP contribution in [0.4, 0.5) is 4.39 Å². The number of aromatic nitrogens is 3. The molecule has 0 atom stereocenters. The lowest BCUT2D eigenvalue weighted by Crippen LogP contribution is -2.05. The van der Waals surface area contributed by atoms with Crippen molar-refractivity contribution < 1.29 is 4.39 Å². The first-order chi connectivity index (χ1) is 8.02. The lowest BCUT2D eigenvalue weighted by atomic mass is 10.2. The Hall–Kier alpha value is -1.20. The summed E-state index contributed by atoms with van der Waals surface area (Å²) in [6, 6.07) is 4.80. The molecular weight excluding hydrogens is 261 g/mol. The molecule has 1 N–H and O–H groups in total. The van der Waals surface area contributed by atoms with Crippen LogP contribution in [0.5, 0.6) is 0 Å². The summed E-state index contributed by atoms with van der Waals surface area (Å²) in [6.07, 6.45) is 0. The molecule has 0 bridgehead atoms. The molecule has 3 nitrogen and oxygen atoms in total. The van der Waals surface area contributed by atoms with E-state index in [9.17, 15) is 4.39 Å². The number of hydrogen-bond acceptors (Lipinski definition) is 2. The summed E-state index contributed by atoms with van der Waals surface area (Å²) in [6.45, 7) is 3.92. The van der Waals surface area contributed by atoms with Gasteiger partial charge >= 0.3 is 0 Å². The zero-order valence-electron chi connectivity index (χ0n) is 9.37. The van der Waals surface area contributed by atoms with Gasteiger partial charge in [-0.25, -0.2) is 4.39 Å². The average Bonchev–Trinajstić information content (AvgIpc) is 2.65. The monoisotopic (exact) mass is 271 g/mol. The van der Waals surface area contributed by atoms with Crippen molar-refractivity contribution in [2.75, 3.05) is 0 Å². The van der Waals surface area contributed by atoms with Gasteiger partial charge in [0.15, 0.2) is 10.6 Å². The van der Waals surface area contributed by atoms with Crippen molar-refractivity contribution in [2.45, 2.75) is 19.8 Å². The molecule has 0 aliphatic rings. The number of hydrogen-bond donors (Lipinski definition) is 1. The summed E-state index contributed by atoms with van der Waals surface area (Å²) in [4.78, 5) is 0. The third-order valence-electron chi connectivity index (χ3n) is 2.39. The summed E-state index contributed by atoms with van der Waals surface area (Å²) >= 11 is 10.9. The molecule has 2 rings (SSSR count). The van der Waals surface area contributed by atoms with Crippen LogP contribution in [0.1, 0.15) is 25.6 Å². The van der Waals surface area contributed by atoms with Gasteiger partial charge in [0.2, 0.25) is 0 Å². The standard InChI is InChI=1S/C11H11ClFN3S/c1-6(2)10-14-15-11(17)16(10)8-5-3-4-7(12)9(8)13/h3-6H,1-2H3,(H,15,17). The molecule has 6 heteroatoms. The first kappa shape index (κ1) is 12.3. The molecule has 0 aliphatic heterocycles. The summed E-state index contributed by atoms with van der Waals surface area (Å²) in [5.41, 5.74) is 0.319. The van der Waals surface area contributed by atoms with Crippen molar-refractivity contribution in [3.8, 4) is 5.69 Å². The van der Waals surface area contributed by atoms with Crippen molar-refractivity contribution in [3.05, 3.63) is 39.6 Å². The lowest BCUT2D eigenvalue weighted by molar-refractivity contribution is 0.611. The Kier molecular flexibility index (Phi) is 3.31. The van der Waals surface area contributed by atoms with Gasteiger partial charge in [0.05, 0.1) is 10.7 Å². The normalized spacial score (nSPS) is 11.1. The van der Waals surface area contributed by atoms with Crippen molar-refractivity contribution in [1.82, 2.24) is 14.8 Å². The average molecular weight is 272 g/mol. The molecule has 1 aromatic heterocycles. The van der Waals surface area contributed by atoms with Crippen LogP contribution in [0.15, 0.2) is 18.2 Å². The molecular formula is C11H11ClFN3S. The predicted molar refractivity (Wildman–Crippen MR) is 67.8 cm³/mol. The highest BCUT2D eigenvalue weighted by atomic mass is 35.5. The molecule has 0 spiro atoms. The van der Waals surface area contributed by atoms with Crippen LogP contribution in [-0.2, 0) is 0 Å². The Bertz CT molecular complexity index is 603. The molecule has 0 aliphatic carbocycles. The number of nitrogens with one attached hydrogen (secondary N) is 1. The number of benzene rings is 1. The van der Waals surface area contributed by atoms with E-state index in [1.165, 1.54) is 6.07 Å². The maximum atomic E-state index is 13.9. The van der Waals surface area contributed by atoms with Gasteiger partial charge in [-0.15, -0.1) is 0 Å². The quantitative estimate of drug-likeness (QED) is 0.842. The largest absolute Gasteiger partial charge is 0.269 e. The number of H-pyrrole nitrogens is 1. The van der Waals surface area contributed by atoms with Crippen LogP contribution in [0.3, 0.4) is 0 Å². The molecule has 0 saturated carbocycles. The van der Waals surface area contributed by atoms with Crippen LogP contribution >= 0.6 is 23.8 Å². The number of aromatic amines is 1. The zero-order valence-corrected chi connectivity index (χ0v) is 10.9. The fraction of sp³-hybridized carbons (Fsp3) is 0.273. The minimum atomic E-state index is -0.492. The number of nitrogens with zero attached hydrogens (tertiary/aromatic N) is 2. The molecule has 0 unspecified atom stereocenters. The van der Waals surface area contributed by atoms with E-state index in [2.05, 4.69) is 10.2 Å². The first-order valence-corrected chi connectivity index (χ1v) is 5.92. The molecule has 0 radical (unpaired) electrons. The predicted octanol–water partition coefficient (Wildman–Crippen LogP) is 3.85. The summed E-state index contributed by atoms with van der Waals surface area (Å²) < 4.78 is 15.9. The number of rotatable bonds is 2. The highest BCUT2D eigenvalue weighted by Gasteiger charge is 2.16. The SMILES string of the molecule is CC(C)c1n[nH]c(=S)n1-c1cccc(Cl)c1F. The fourth-order valence-corrected chi connectivity index (χ4v) is 2.00. The molecule has 0 amide bonds.